The molecule has 0 radical (unpaired) electrons. The van der Waals surface area contributed by atoms with E-state index in [9.17, 15) is 22.8 Å². The molecule has 24 heavy (non-hydrogen) atoms. The minimum atomic E-state index is -3.32. The molecule has 8 nitrogen and oxygen atoms in total. The summed E-state index contributed by atoms with van der Waals surface area (Å²) >= 11 is 0. The number of carboxylic acid groups (broad SMARTS) is 1. The number of hydrogen-bond acceptors (Lipinski definition) is 5. The number of carbonyl (C=O) groups excluding carboxylic acids is 1. The minimum Gasteiger partial charge on any atom is -0.480 e. The van der Waals surface area contributed by atoms with Crippen molar-refractivity contribution >= 4 is 21.7 Å². The van der Waals surface area contributed by atoms with Crippen LogP contribution in [0.4, 0.5) is 0 Å². The molecule has 134 valence electrons. The molecule has 1 unspecified atom stereocenters. The third-order valence-corrected chi connectivity index (χ3v) is 5.38. The molecule has 0 aromatic carbocycles. The second kappa shape index (κ2) is 8.09. The zero-order valence-electron chi connectivity index (χ0n) is 13.9. The van der Waals surface area contributed by atoms with E-state index in [1.165, 1.54) is 19.1 Å². The predicted molar refractivity (Wildman–Crippen MR) is 88.7 cm³/mol. The van der Waals surface area contributed by atoms with Crippen molar-refractivity contribution in [1.29, 1.82) is 0 Å². The molecule has 0 aliphatic carbocycles. The van der Waals surface area contributed by atoms with Crippen molar-refractivity contribution in [2.45, 2.75) is 39.8 Å². The molecule has 0 spiro atoms. The standard InChI is InChI=1S/C15H22N2O6S/c1-4-24(22,23)6-5-13(15(20)21)16-14(19)9-17-10(2)7-12(18)8-11(17)3/h7-8,13H,4-6,9H2,1-3H3,(H,16,19)(H,20,21). The highest BCUT2D eigenvalue weighted by molar-refractivity contribution is 7.91. The number of carbonyl (C=O) groups is 2. The number of aryl methyl sites for hydroxylation is 2. The summed E-state index contributed by atoms with van der Waals surface area (Å²) in [6.45, 7) is 4.67. The van der Waals surface area contributed by atoms with Crippen molar-refractivity contribution in [1.82, 2.24) is 9.88 Å². The lowest BCUT2D eigenvalue weighted by Gasteiger charge is -2.17. The van der Waals surface area contributed by atoms with Crippen molar-refractivity contribution < 1.29 is 23.1 Å². The summed E-state index contributed by atoms with van der Waals surface area (Å²) < 4.78 is 24.6. The van der Waals surface area contributed by atoms with Crippen LogP contribution in [0.3, 0.4) is 0 Å². The molecule has 0 aliphatic heterocycles. The van der Waals surface area contributed by atoms with Gasteiger partial charge in [-0.05, 0) is 20.3 Å². The highest BCUT2D eigenvalue weighted by atomic mass is 32.2. The highest BCUT2D eigenvalue weighted by Crippen LogP contribution is 2.03. The number of nitrogens with one attached hydrogen (secondary N) is 1. The van der Waals surface area contributed by atoms with Crippen molar-refractivity contribution in [3.8, 4) is 0 Å². The Bertz CT molecular complexity index is 755. The van der Waals surface area contributed by atoms with Gasteiger partial charge in [-0.1, -0.05) is 6.92 Å². The fraction of sp³-hybridized carbons (Fsp3) is 0.533. The Morgan fingerprint density at radius 1 is 1.25 bits per heavy atom. The summed E-state index contributed by atoms with van der Waals surface area (Å²) in [5, 5.41) is 11.5. The van der Waals surface area contributed by atoms with Crippen LogP contribution in [0.25, 0.3) is 0 Å². The van der Waals surface area contributed by atoms with Gasteiger partial charge in [-0.25, -0.2) is 13.2 Å². The highest BCUT2D eigenvalue weighted by Gasteiger charge is 2.22. The van der Waals surface area contributed by atoms with Gasteiger partial charge in [-0.3, -0.25) is 9.59 Å². The van der Waals surface area contributed by atoms with Gasteiger partial charge in [0.1, 0.15) is 22.4 Å². The summed E-state index contributed by atoms with van der Waals surface area (Å²) in [6.07, 6.45) is -0.195. The number of pyridine rings is 1. The first kappa shape index (κ1) is 19.9. The number of aromatic nitrogens is 1. The van der Waals surface area contributed by atoms with Crippen LogP contribution in [-0.2, 0) is 26.0 Å². The minimum absolute atomic E-state index is 0.0803. The van der Waals surface area contributed by atoms with Gasteiger partial charge in [0.2, 0.25) is 5.91 Å². The largest absolute Gasteiger partial charge is 0.480 e. The third kappa shape index (κ3) is 5.80. The SMILES string of the molecule is CCS(=O)(=O)CCC(NC(=O)Cn1c(C)cc(=O)cc1C)C(=O)O. The topological polar surface area (TPSA) is 123 Å². The van der Waals surface area contributed by atoms with Crippen LogP contribution in [0.1, 0.15) is 24.7 Å². The molecular formula is C15H22N2O6S. The van der Waals surface area contributed by atoms with E-state index in [1.807, 2.05) is 0 Å². The van der Waals surface area contributed by atoms with Gasteiger partial charge in [-0.15, -0.1) is 0 Å². The van der Waals surface area contributed by atoms with Crippen LogP contribution in [0.2, 0.25) is 0 Å². The molecule has 0 saturated carbocycles. The first-order valence-electron chi connectivity index (χ1n) is 7.46. The van der Waals surface area contributed by atoms with Crippen molar-refractivity contribution in [2.75, 3.05) is 11.5 Å². The molecule has 0 bridgehead atoms. The van der Waals surface area contributed by atoms with E-state index in [2.05, 4.69) is 5.32 Å². The van der Waals surface area contributed by atoms with E-state index >= 15 is 0 Å². The Hall–Kier alpha value is -2.16. The summed E-state index contributed by atoms with van der Waals surface area (Å²) in [5.74, 6) is -2.24. The molecule has 0 aliphatic rings. The lowest BCUT2D eigenvalue weighted by Crippen LogP contribution is -2.43. The van der Waals surface area contributed by atoms with Gasteiger partial charge in [0.25, 0.3) is 0 Å². The van der Waals surface area contributed by atoms with Crippen LogP contribution < -0.4 is 10.7 Å². The molecule has 1 atom stereocenters. The molecule has 0 saturated heterocycles. The average molecular weight is 358 g/mol. The second-order valence-electron chi connectivity index (χ2n) is 5.54. The average Bonchev–Trinajstić information content (AvgIpc) is 2.47. The summed E-state index contributed by atoms with van der Waals surface area (Å²) in [6, 6.07) is 1.48. The number of amides is 1. The lowest BCUT2D eigenvalue weighted by molar-refractivity contribution is -0.141. The number of hydrogen-bond donors (Lipinski definition) is 2. The van der Waals surface area contributed by atoms with E-state index in [-0.39, 0.29) is 29.9 Å². The smallest absolute Gasteiger partial charge is 0.326 e. The summed E-state index contributed by atoms with van der Waals surface area (Å²) in [4.78, 5) is 34.7. The maximum absolute atomic E-state index is 12.1. The number of nitrogens with zero attached hydrogens (tertiary/aromatic N) is 1. The Balaban J connectivity index is 2.80. The molecule has 1 amide bonds. The maximum atomic E-state index is 12.1. The molecular weight excluding hydrogens is 336 g/mol. The van der Waals surface area contributed by atoms with E-state index in [1.54, 1.807) is 18.4 Å². The van der Waals surface area contributed by atoms with E-state index in [0.717, 1.165) is 0 Å². The van der Waals surface area contributed by atoms with Crippen LogP contribution in [0.15, 0.2) is 16.9 Å². The first-order valence-corrected chi connectivity index (χ1v) is 9.28. The van der Waals surface area contributed by atoms with Gasteiger partial charge in [0.15, 0.2) is 5.43 Å². The van der Waals surface area contributed by atoms with E-state index in [4.69, 9.17) is 5.11 Å². The van der Waals surface area contributed by atoms with Gasteiger partial charge < -0.3 is 15.0 Å². The van der Waals surface area contributed by atoms with Crippen LogP contribution in [-0.4, -0.2) is 47.5 Å². The first-order chi connectivity index (χ1) is 11.1. The molecule has 1 aromatic heterocycles. The monoisotopic (exact) mass is 358 g/mol. The molecule has 1 rings (SSSR count). The Morgan fingerprint density at radius 3 is 2.25 bits per heavy atom. The molecule has 2 N–H and O–H groups in total. The zero-order valence-corrected chi connectivity index (χ0v) is 14.7. The fourth-order valence-electron chi connectivity index (χ4n) is 2.22. The number of sulfone groups is 1. The Kier molecular flexibility index (Phi) is 6.70. The van der Waals surface area contributed by atoms with E-state index < -0.39 is 27.8 Å². The quantitative estimate of drug-likeness (QED) is 0.667. The Morgan fingerprint density at radius 2 is 1.79 bits per heavy atom. The zero-order chi connectivity index (χ0) is 18.5. The second-order valence-corrected chi connectivity index (χ2v) is 8.02. The molecule has 1 heterocycles. The molecule has 0 fully saturated rings. The summed E-state index contributed by atoms with van der Waals surface area (Å²) in [7, 11) is -3.32. The van der Waals surface area contributed by atoms with Crippen molar-refractivity contribution in [3.63, 3.8) is 0 Å². The molecule has 1 aromatic rings. The number of aliphatic carboxylic acids is 1. The van der Waals surface area contributed by atoms with Gasteiger partial charge in [0.05, 0.1) is 5.75 Å². The number of rotatable bonds is 8. The van der Waals surface area contributed by atoms with Crippen LogP contribution >= 0.6 is 0 Å². The number of carboxylic acids is 1. The Labute approximate surface area is 140 Å². The maximum Gasteiger partial charge on any atom is 0.326 e. The predicted octanol–water partition coefficient (Wildman–Crippen LogP) is -0.141. The van der Waals surface area contributed by atoms with Crippen LogP contribution in [0.5, 0.6) is 0 Å². The van der Waals surface area contributed by atoms with E-state index in [0.29, 0.717) is 11.4 Å². The van der Waals surface area contributed by atoms with Gasteiger partial charge in [0, 0.05) is 29.3 Å². The third-order valence-electron chi connectivity index (χ3n) is 3.65. The van der Waals surface area contributed by atoms with Gasteiger partial charge >= 0.3 is 5.97 Å². The van der Waals surface area contributed by atoms with Crippen molar-refractivity contribution in [3.05, 3.63) is 33.7 Å². The summed E-state index contributed by atoms with van der Waals surface area (Å²) in [5.41, 5.74) is 0.987. The van der Waals surface area contributed by atoms with Gasteiger partial charge in [-0.2, -0.15) is 0 Å². The molecule has 9 heteroatoms. The van der Waals surface area contributed by atoms with Crippen LogP contribution in [0, 0.1) is 13.8 Å². The normalized spacial score (nSPS) is 12.6. The van der Waals surface area contributed by atoms with Crippen molar-refractivity contribution in [2.24, 2.45) is 0 Å². The fourth-order valence-corrected chi connectivity index (χ4v) is 3.10. The lowest BCUT2D eigenvalue weighted by atomic mass is 10.2.